The molecule has 0 heterocycles. The zero-order valence-electron chi connectivity index (χ0n) is 13.2. The summed E-state index contributed by atoms with van der Waals surface area (Å²) in [5.74, 6) is 0. The monoisotopic (exact) mass is 264 g/mol. The lowest BCUT2D eigenvalue weighted by atomic mass is 9.90. The van der Waals surface area contributed by atoms with Crippen molar-refractivity contribution in [3.63, 3.8) is 0 Å². The van der Waals surface area contributed by atoms with E-state index in [1.54, 1.807) is 0 Å². The van der Waals surface area contributed by atoms with E-state index in [9.17, 15) is 0 Å². The van der Waals surface area contributed by atoms with Crippen LogP contribution in [0.5, 0.6) is 0 Å². The highest BCUT2D eigenvalue weighted by Crippen LogP contribution is 2.31. The van der Waals surface area contributed by atoms with Gasteiger partial charge in [0.25, 0.3) is 0 Å². The van der Waals surface area contributed by atoms with Crippen LogP contribution in [0.2, 0.25) is 0 Å². The van der Waals surface area contributed by atoms with E-state index >= 15 is 0 Å². The van der Waals surface area contributed by atoms with Gasteiger partial charge in [0.05, 0.1) is 0 Å². The van der Waals surface area contributed by atoms with Crippen LogP contribution in [0.3, 0.4) is 0 Å². The Bertz CT molecular complexity index is 598. The molecule has 0 amide bonds. The van der Waals surface area contributed by atoms with E-state index in [0.29, 0.717) is 0 Å². The Kier molecular flexibility index (Phi) is 4.13. The maximum Gasteiger partial charge on any atom is 0.00109 e. The third-order valence-corrected chi connectivity index (χ3v) is 3.62. The Hall–Kier alpha value is -1.82. The average Bonchev–Trinajstić information content (AvgIpc) is 2.53. The highest BCUT2D eigenvalue weighted by molar-refractivity contribution is 5.84. The first-order valence-corrected chi connectivity index (χ1v) is 7.23. The Balaban J connectivity index is 2.47. The zero-order valence-corrected chi connectivity index (χ0v) is 13.2. The zero-order chi connectivity index (χ0) is 14.8. The quantitative estimate of drug-likeness (QED) is 0.627. The number of allylic oxidation sites excluding steroid dienone is 8. The van der Waals surface area contributed by atoms with Crippen molar-refractivity contribution < 1.29 is 0 Å². The van der Waals surface area contributed by atoms with Crippen molar-refractivity contribution in [1.29, 1.82) is 0 Å². The minimum atomic E-state index is 0.123. The highest BCUT2D eigenvalue weighted by Gasteiger charge is 2.13. The van der Waals surface area contributed by atoms with Gasteiger partial charge in [-0.2, -0.15) is 0 Å². The van der Waals surface area contributed by atoms with Crippen LogP contribution in [0.4, 0.5) is 0 Å². The van der Waals surface area contributed by atoms with E-state index in [4.69, 9.17) is 0 Å². The third-order valence-electron chi connectivity index (χ3n) is 3.62. The minimum absolute atomic E-state index is 0.123. The first-order chi connectivity index (χ1) is 9.39. The molecule has 20 heavy (non-hydrogen) atoms. The van der Waals surface area contributed by atoms with E-state index in [-0.39, 0.29) is 5.41 Å². The normalized spacial score (nSPS) is 16.6. The molecule has 104 valence electrons. The molecule has 0 nitrogen and oxygen atoms in total. The maximum absolute atomic E-state index is 2.28. The second kappa shape index (κ2) is 5.66. The average molecular weight is 264 g/mol. The summed E-state index contributed by atoms with van der Waals surface area (Å²) in [6, 6.07) is 8.79. The summed E-state index contributed by atoms with van der Waals surface area (Å²) in [6.45, 7) is 10.9. The molecule has 1 aliphatic carbocycles. The van der Waals surface area contributed by atoms with E-state index in [0.717, 1.165) is 0 Å². The molecular weight excluding hydrogens is 240 g/mol. The summed E-state index contributed by atoms with van der Waals surface area (Å²) in [6.07, 6.45) is 11.2. The molecule has 1 aromatic rings. The largest absolute Gasteiger partial charge is 0.0751 e. The van der Waals surface area contributed by atoms with Crippen molar-refractivity contribution in [2.24, 2.45) is 5.41 Å². The smallest absolute Gasteiger partial charge is 0.00109 e. The van der Waals surface area contributed by atoms with Crippen molar-refractivity contribution in [3.8, 4) is 0 Å². The standard InChI is InChI=1S/C20H24/c1-15(2)19(18-10-8-16(3)9-11-18)17-7-6-13-20(4,5)14-12-17/h6-14H,1-5H3. The number of rotatable bonds is 2. The molecule has 2 rings (SSSR count). The second-order valence-corrected chi connectivity index (χ2v) is 6.38. The molecule has 0 radical (unpaired) electrons. The van der Waals surface area contributed by atoms with Crippen LogP contribution in [0.25, 0.3) is 5.57 Å². The lowest BCUT2D eigenvalue weighted by Gasteiger charge is -2.14. The molecule has 0 saturated heterocycles. The van der Waals surface area contributed by atoms with Gasteiger partial charge < -0.3 is 0 Å². The summed E-state index contributed by atoms with van der Waals surface area (Å²) < 4.78 is 0. The molecule has 0 aliphatic heterocycles. The fourth-order valence-corrected chi connectivity index (χ4v) is 2.45. The molecule has 0 fully saturated rings. The predicted molar refractivity (Wildman–Crippen MR) is 89.6 cm³/mol. The summed E-state index contributed by atoms with van der Waals surface area (Å²) in [5, 5.41) is 0. The maximum atomic E-state index is 2.28. The van der Waals surface area contributed by atoms with Crippen LogP contribution in [-0.2, 0) is 0 Å². The van der Waals surface area contributed by atoms with Crippen LogP contribution in [-0.4, -0.2) is 0 Å². The van der Waals surface area contributed by atoms with Gasteiger partial charge in [0, 0.05) is 5.41 Å². The first-order valence-electron chi connectivity index (χ1n) is 7.23. The molecule has 0 heteroatoms. The molecule has 0 atom stereocenters. The fraction of sp³-hybridized carbons (Fsp3) is 0.300. The minimum Gasteiger partial charge on any atom is -0.0751 e. The lowest BCUT2D eigenvalue weighted by Crippen LogP contribution is -2.00. The Labute approximate surface area is 123 Å². The van der Waals surface area contributed by atoms with E-state index in [1.165, 1.54) is 27.8 Å². The van der Waals surface area contributed by atoms with Gasteiger partial charge in [0.1, 0.15) is 0 Å². The van der Waals surface area contributed by atoms with Crippen molar-refractivity contribution in [2.75, 3.05) is 0 Å². The van der Waals surface area contributed by atoms with Gasteiger partial charge in [-0.25, -0.2) is 0 Å². The third kappa shape index (κ3) is 3.39. The molecule has 0 bridgehead atoms. The van der Waals surface area contributed by atoms with Gasteiger partial charge in [-0.3, -0.25) is 0 Å². The lowest BCUT2D eigenvalue weighted by molar-refractivity contribution is 0.627. The Morgan fingerprint density at radius 1 is 0.950 bits per heavy atom. The van der Waals surface area contributed by atoms with Gasteiger partial charge in [0.15, 0.2) is 0 Å². The summed E-state index contributed by atoms with van der Waals surface area (Å²) in [5.41, 5.74) is 6.68. The molecule has 0 spiro atoms. The van der Waals surface area contributed by atoms with E-state index < -0.39 is 0 Å². The van der Waals surface area contributed by atoms with Crippen molar-refractivity contribution in [2.45, 2.75) is 34.6 Å². The molecule has 0 unspecified atom stereocenters. The predicted octanol–water partition coefficient (Wildman–Crippen LogP) is 5.87. The van der Waals surface area contributed by atoms with E-state index in [1.807, 2.05) is 0 Å². The molecule has 1 aliphatic rings. The van der Waals surface area contributed by atoms with E-state index in [2.05, 4.69) is 89.3 Å². The summed E-state index contributed by atoms with van der Waals surface area (Å²) in [7, 11) is 0. The highest BCUT2D eigenvalue weighted by atomic mass is 14.2. The van der Waals surface area contributed by atoms with Gasteiger partial charge in [-0.15, -0.1) is 0 Å². The van der Waals surface area contributed by atoms with Crippen LogP contribution in [0, 0.1) is 12.3 Å². The van der Waals surface area contributed by atoms with Crippen molar-refractivity contribution in [3.05, 3.63) is 76.9 Å². The van der Waals surface area contributed by atoms with Gasteiger partial charge in [-0.1, -0.05) is 79.6 Å². The molecule has 0 N–H and O–H groups in total. The number of hydrogen-bond acceptors (Lipinski definition) is 0. The molecular formula is C20H24. The molecule has 1 aromatic carbocycles. The second-order valence-electron chi connectivity index (χ2n) is 6.38. The van der Waals surface area contributed by atoms with Crippen LogP contribution >= 0.6 is 0 Å². The first kappa shape index (κ1) is 14.6. The number of aryl methyl sites for hydroxylation is 1. The van der Waals surface area contributed by atoms with Gasteiger partial charge in [-0.05, 0) is 37.5 Å². The van der Waals surface area contributed by atoms with Crippen LogP contribution < -0.4 is 0 Å². The van der Waals surface area contributed by atoms with Crippen molar-refractivity contribution >= 4 is 5.57 Å². The summed E-state index contributed by atoms with van der Waals surface area (Å²) in [4.78, 5) is 0. The number of hydrogen-bond donors (Lipinski definition) is 0. The Morgan fingerprint density at radius 2 is 1.60 bits per heavy atom. The fourth-order valence-electron chi connectivity index (χ4n) is 2.45. The number of benzene rings is 1. The van der Waals surface area contributed by atoms with Crippen molar-refractivity contribution in [1.82, 2.24) is 0 Å². The summed E-state index contributed by atoms with van der Waals surface area (Å²) >= 11 is 0. The molecule has 0 aromatic heterocycles. The van der Waals surface area contributed by atoms with Crippen LogP contribution in [0.15, 0.2) is 65.8 Å². The Morgan fingerprint density at radius 3 is 2.20 bits per heavy atom. The van der Waals surface area contributed by atoms with Gasteiger partial charge in [0.2, 0.25) is 0 Å². The topological polar surface area (TPSA) is 0 Å². The SMILES string of the molecule is CC(C)=C(C1=CC=CC(C)(C)C=C1)c1ccc(C)cc1. The van der Waals surface area contributed by atoms with Gasteiger partial charge >= 0.3 is 0 Å². The van der Waals surface area contributed by atoms with Crippen LogP contribution in [0.1, 0.15) is 38.8 Å². The molecule has 0 saturated carbocycles.